The number of nitrogens with zero attached hydrogens (tertiary/aromatic N) is 5. The molecule has 6 nitrogen and oxygen atoms in total. The fraction of sp³-hybridized carbons (Fsp3) is 0.654. The Labute approximate surface area is 195 Å². The average Bonchev–Trinajstić information content (AvgIpc) is 3.33. The predicted octanol–water partition coefficient (Wildman–Crippen LogP) is 4.05. The molecule has 7 heteroatoms. The summed E-state index contributed by atoms with van der Waals surface area (Å²) in [6.45, 7) is 2.89. The molecular formula is C26H34FN5O. The first kappa shape index (κ1) is 21.3. The van der Waals surface area contributed by atoms with Crippen LogP contribution in [0.2, 0.25) is 0 Å². The van der Waals surface area contributed by atoms with E-state index in [0.717, 1.165) is 68.5 Å². The molecule has 1 aliphatic heterocycles. The molecule has 0 N–H and O–H groups in total. The summed E-state index contributed by atoms with van der Waals surface area (Å²) < 4.78 is 15.5. The smallest absolute Gasteiger partial charge is 0.237 e. The third-order valence-corrected chi connectivity index (χ3v) is 8.86. The average molecular weight is 452 g/mol. The van der Waals surface area contributed by atoms with Gasteiger partial charge in [0.25, 0.3) is 0 Å². The van der Waals surface area contributed by atoms with Crippen LogP contribution in [-0.2, 0) is 11.3 Å². The number of hydrogen-bond acceptors (Lipinski definition) is 4. The van der Waals surface area contributed by atoms with Crippen LogP contribution in [0.3, 0.4) is 0 Å². The van der Waals surface area contributed by atoms with Gasteiger partial charge in [-0.1, -0.05) is 12.1 Å². The fourth-order valence-corrected chi connectivity index (χ4v) is 7.71. The van der Waals surface area contributed by atoms with Crippen molar-refractivity contribution >= 4 is 5.91 Å². The lowest BCUT2D eigenvalue weighted by Gasteiger charge is -2.60. The molecule has 7 rings (SSSR count). The van der Waals surface area contributed by atoms with Crippen LogP contribution in [-0.4, -0.2) is 55.6 Å². The first-order valence-corrected chi connectivity index (χ1v) is 12.7. The van der Waals surface area contributed by atoms with Crippen LogP contribution in [0.4, 0.5) is 4.39 Å². The summed E-state index contributed by atoms with van der Waals surface area (Å²) in [5.41, 5.74) is 1.03. The predicted molar refractivity (Wildman–Crippen MR) is 123 cm³/mol. The maximum atomic E-state index is 13.9. The number of amides is 1. The standard InChI is InChI=1S/C26H34FN5O/c27-23-3-1-19(2-4-23)15-31(26-12-20-9-21(13-26)11-22(10-20)14-26)25(33)16-30-7-5-24(6-8-30)32-18-28-17-29-32/h1-4,17-18,20-22,24H,5-16H2. The summed E-state index contributed by atoms with van der Waals surface area (Å²) in [7, 11) is 0. The lowest BCUT2D eigenvalue weighted by atomic mass is 9.52. The normalized spacial score (nSPS) is 31.7. The van der Waals surface area contributed by atoms with Gasteiger partial charge in [-0.3, -0.25) is 9.69 Å². The summed E-state index contributed by atoms with van der Waals surface area (Å²) in [6.07, 6.45) is 12.9. The van der Waals surface area contributed by atoms with E-state index in [1.807, 2.05) is 16.8 Å². The first-order valence-electron chi connectivity index (χ1n) is 12.7. The van der Waals surface area contributed by atoms with Crippen LogP contribution < -0.4 is 0 Å². The number of aromatic nitrogens is 3. The van der Waals surface area contributed by atoms with Crippen LogP contribution in [0, 0.1) is 23.6 Å². The molecule has 4 saturated carbocycles. The van der Waals surface area contributed by atoms with E-state index in [9.17, 15) is 9.18 Å². The summed E-state index contributed by atoms with van der Waals surface area (Å²) in [4.78, 5) is 22.5. The van der Waals surface area contributed by atoms with Crippen molar-refractivity contribution in [3.63, 3.8) is 0 Å². The molecule has 0 unspecified atom stereocenters. The van der Waals surface area contributed by atoms with Crippen LogP contribution in [0.15, 0.2) is 36.9 Å². The van der Waals surface area contributed by atoms with Crippen molar-refractivity contribution in [2.45, 2.75) is 69.5 Å². The van der Waals surface area contributed by atoms with Crippen molar-refractivity contribution in [3.8, 4) is 0 Å². The van der Waals surface area contributed by atoms with Gasteiger partial charge >= 0.3 is 0 Å². The Hall–Kier alpha value is -2.28. The van der Waals surface area contributed by atoms with Gasteiger partial charge < -0.3 is 4.90 Å². The first-order chi connectivity index (χ1) is 16.1. The van der Waals surface area contributed by atoms with Crippen LogP contribution in [0.25, 0.3) is 0 Å². The molecule has 1 aromatic heterocycles. The van der Waals surface area contributed by atoms with Gasteiger partial charge in [0.15, 0.2) is 0 Å². The Morgan fingerprint density at radius 3 is 2.24 bits per heavy atom. The second kappa shape index (κ2) is 8.49. The number of carbonyl (C=O) groups excluding carboxylic acids is 1. The highest BCUT2D eigenvalue weighted by atomic mass is 19.1. The molecular weight excluding hydrogens is 417 g/mol. The number of carbonyl (C=O) groups is 1. The summed E-state index contributed by atoms with van der Waals surface area (Å²) in [5, 5.41) is 4.30. The van der Waals surface area contributed by atoms with Crippen molar-refractivity contribution in [2.75, 3.05) is 19.6 Å². The maximum absolute atomic E-state index is 13.9. The zero-order valence-corrected chi connectivity index (χ0v) is 19.3. The van der Waals surface area contributed by atoms with Gasteiger partial charge in [0, 0.05) is 25.2 Å². The van der Waals surface area contributed by atoms with E-state index in [2.05, 4.69) is 19.9 Å². The molecule has 4 bridgehead atoms. The molecule has 33 heavy (non-hydrogen) atoms. The van der Waals surface area contributed by atoms with Gasteiger partial charge in [0.05, 0.1) is 12.6 Å². The van der Waals surface area contributed by atoms with Crippen LogP contribution >= 0.6 is 0 Å². The Bertz CT molecular complexity index is 932. The van der Waals surface area contributed by atoms with Crippen molar-refractivity contribution < 1.29 is 9.18 Å². The number of halogens is 1. The van der Waals surface area contributed by atoms with Gasteiger partial charge in [-0.2, -0.15) is 5.10 Å². The minimum absolute atomic E-state index is 0.000723. The molecule has 5 aliphatic rings. The van der Waals surface area contributed by atoms with Gasteiger partial charge in [-0.25, -0.2) is 14.1 Å². The molecule has 0 atom stereocenters. The van der Waals surface area contributed by atoms with E-state index >= 15 is 0 Å². The van der Waals surface area contributed by atoms with E-state index in [-0.39, 0.29) is 17.3 Å². The SMILES string of the molecule is O=C(CN1CCC(n2cncn2)CC1)N(Cc1ccc(F)cc1)C12CC3CC(CC(C3)C1)C2. The van der Waals surface area contributed by atoms with Crippen LogP contribution in [0.5, 0.6) is 0 Å². The molecule has 2 heterocycles. The lowest BCUT2D eigenvalue weighted by Crippen LogP contribution is -2.62. The van der Waals surface area contributed by atoms with E-state index in [1.54, 1.807) is 12.7 Å². The molecule has 5 fully saturated rings. The highest BCUT2D eigenvalue weighted by molar-refractivity contribution is 5.79. The minimum atomic E-state index is -0.221. The fourth-order valence-electron chi connectivity index (χ4n) is 7.71. The second-order valence-electron chi connectivity index (χ2n) is 11.1. The Kier molecular flexibility index (Phi) is 5.47. The topological polar surface area (TPSA) is 54.3 Å². The van der Waals surface area contributed by atoms with Crippen molar-refractivity contribution in [1.82, 2.24) is 24.6 Å². The van der Waals surface area contributed by atoms with E-state index < -0.39 is 0 Å². The van der Waals surface area contributed by atoms with E-state index in [0.29, 0.717) is 19.1 Å². The maximum Gasteiger partial charge on any atom is 0.237 e. The van der Waals surface area contributed by atoms with Crippen molar-refractivity contribution in [3.05, 3.63) is 48.3 Å². The molecule has 1 saturated heterocycles. The third kappa shape index (κ3) is 4.20. The number of hydrogen-bond donors (Lipinski definition) is 0. The lowest BCUT2D eigenvalue weighted by molar-refractivity contribution is -0.153. The van der Waals surface area contributed by atoms with E-state index in [1.165, 1.54) is 31.4 Å². The van der Waals surface area contributed by atoms with Gasteiger partial charge in [-0.05, 0) is 86.8 Å². The Morgan fingerprint density at radius 2 is 1.67 bits per heavy atom. The number of rotatable bonds is 6. The van der Waals surface area contributed by atoms with Gasteiger partial charge in [0.1, 0.15) is 18.5 Å². The summed E-state index contributed by atoms with van der Waals surface area (Å²) >= 11 is 0. The monoisotopic (exact) mass is 451 g/mol. The molecule has 2 aromatic rings. The third-order valence-electron chi connectivity index (χ3n) is 8.86. The van der Waals surface area contributed by atoms with Crippen LogP contribution in [0.1, 0.15) is 63.0 Å². The van der Waals surface area contributed by atoms with Crippen molar-refractivity contribution in [1.29, 1.82) is 0 Å². The Balaban J connectivity index is 1.19. The molecule has 0 spiro atoms. The largest absolute Gasteiger partial charge is 0.332 e. The molecule has 1 amide bonds. The van der Waals surface area contributed by atoms with E-state index in [4.69, 9.17) is 0 Å². The number of benzene rings is 1. The highest BCUT2D eigenvalue weighted by Crippen LogP contribution is 2.58. The zero-order valence-electron chi connectivity index (χ0n) is 19.3. The Morgan fingerprint density at radius 1 is 1.03 bits per heavy atom. The van der Waals surface area contributed by atoms with Gasteiger partial charge in [-0.15, -0.1) is 0 Å². The number of likely N-dealkylation sites (tertiary alicyclic amines) is 1. The summed E-state index contributed by atoms with van der Waals surface area (Å²) in [6, 6.07) is 7.11. The van der Waals surface area contributed by atoms with Crippen molar-refractivity contribution in [2.24, 2.45) is 17.8 Å². The minimum Gasteiger partial charge on any atom is -0.332 e. The molecule has 0 radical (unpaired) electrons. The molecule has 176 valence electrons. The quantitative estimate of drug-likeness (QED) is 0.665. The number of piperidine rings is 1. The molecule has 1 aromatic carbocycles. The second-order valence-corrected chi connectivity index (χ2v) is 11.1. The highest BCUT2D eigenvalue weighted by Gasteiger charge is 2.54. The summed E-state index contributed by atoms with van der Waals surface area (Å²) in [5.74, 6) is 2.36. The van der Waals surface area contributed by atoms with Gasteiger partial charge in [0.2, 0.25) is 5.91 Å². The molecule has 4 aliphatic carbocycles. The zero-order chi connectivity index (χ0) is 22.4.